The number of halogens is 1. The van der Waals surface area contributed by atoms with Gasteiger partial charge in [0, 0.05) is 12.5 Å². The van der Waals surface area contributed by atoms with Gasteiger partial charge in [0.15, 0.2) is 0 Å². The van der Waals surface area contributed by atoms with Gasteiger partial charge in [0.25, 0.3) is 0 Å². The van der Waals surface area contributed by atoms with Crippen LogP contribution in [0.15, 0.2) is 18.2 Å². The van der Waals surface area contributed by atoms with E-state index < -0.39 is 0 Å². The fourth-order valence-corrected chi connectivity index (χ4v) is 1.50. The first-order chi connectivity index (χ1) is 7.65. The minimum absolute atomic E-state index is 0.0162. The molecule has 0 radical (unpaired) electrons. The Labute approximate surface area is 102 Å². The van der Waals surface area contributed by atoms with Crippen LogP contribution in [0, 0.1) is 11.8 Å². The highest BCUT2D eigenvalue weighted by Crippen LogP contribution is 2.27. The van der Waals surface area contributed by atoms with Crippen LogP contribution in [-0.2, 0) is 0 Å². The quantitative estimate of drug-likeness (QED) is 0.645. The van der Waals surface area contributed by atoms with Crippen molar-refractivity contribution in [1.29, 1.82) is 0 Å². The molecule has 2 N–H and O–H groups in total. The Hall–Kier alpha value is -1.17. The van der Waals surface area contributed by atoms with E-state index in [0.29, 0.717) is 23.8 Å². The lowest BCUT2D eigenvalue weighted by Gasteiger charge is -2.10. The van der Waals surface area contributed by atoms with E-state index in [0.717, 1.165) is 5.56 Å². The lowest BCUT2D eigenvalue weighted by molar-refractivity contribution is 0.327. The molecule has 0 saturated carbocycles. The molecule has 1 atom stereocenters. The maximum atomic E-state index is 6.07. The molecule has 86 valence electrons. The van der Waals surface area contributed by atoms with Gasteiger partial charge in [-0.25, -0.2) is 0 Å². The average Bonchev–Trinajstić information content (AvgIpc) is 2.26. The molecule has 1 aromatic carbocycles. The largest absolute Gasteiger partial charge is 0.491 e. The van der Waals surface area contributed by atoms with Crippen LogP contribution >= 0.6 is 11.6 Å². The van der Waals surface area contributed by atoms with Crippen molar-refractivity contribution >= 4 is 11.6 Å². The maximum absolute atomic E-state index is 6.07. The number of hydrogen-bond donors (Lipinski definition) is 1. The van der Waals surface area contributed by atoms with Gasteiger partial charge in [-0.1, -0.05) is 17.7 Å². The summed E-state index contributed by atoms with van der Waals surface area (Å²) in [6, 6.07) is 5.60. The molecule has 0 fully saturated rings. The zero-order valence-corrected chi connectivity index (χ0v) is 10.3. The molecule has 0 amide bonds. The van der Waals surface area contributed by atoms with Gasteiger partial charge >= 0.3 is 0 Å². The molecule has 3 heteroatoms. The average molecular weight is 238 g/mol. The summed E-state index contributed by atoms with van der Waals surface area (Å²) in [6.45, 7) is 4.28. The van der Waals surface area contributed by atoms with Crippen LogP contribution in [-0.4, -0.2) is 6.61 Å². The third-order valence-electron chi connectivity index (χ3n) is 2.14. The fourth-order valence-electron chi connectivity index (χ4n) is 1.25. The van der Waals surface area contributed by atoms with E-state index in [1.807, 2.05) is 32.0 Å². The van der Waals surface area contributed by atoms with Crippen LogP contribution < -0.4 is 10.5 Å². The zero-order valence-electron chi connectivity index (χ0n) is 9.59. The molecule has 0 bridgehead atoms. The summed E-state index contributed by atoms with van der Waals surface area (Å²) in [5.74, 6) is 6.43. The van der Waals surface area contributed by atoms with Crippen molar-refractivity contribution < 1.29 is 4.74 Å². The van der Waals surface area contributed by atoms with E-state index in [2.05, 4.69) is 11.8 Å². The molecule has 0 heterocycles. The predicted molar refractivity (Wildman–Crippen MR) is 67.6 cm³/mol. The van der Waals surface area contributed by atoms with Gasteiger partial charge < -0.3 is 10.5 Å². The van der Waals surface area contributed by atoms with Crippen molar-refractivity contribution in [2.24, 2.45) is 5.73 Å². The highest BCUT2D eigenvalue weighted by atomic mass is 35.5. The molecule has 0 aliphatic heterocycles. The molecule has 0 aliphatic rings. The monoisotopic (exact) mass is 237 g/mol. The second-order valence-electron chi connectivity index (χ2n) is 3.50. The smallest absolute Gasteiger partial charge is 0.137 e. The number of benzene rings is 1. The lowest BCUT2D eigenvalue weighted by atomic mass is 10.1. The van der Waals surface area contributed by atoms with Gasteiger partial charge in [-0.3, -0.25) is 0 Å². The topological polar surface area (TPSA) is 35.2 Å². The summed E-state index contributed by atoms with van der Waals surface area (Å²) in [5.41, 5.74) is 6.76. The summed E-state index contributed by atoms with van der Waals surface area (Å²) in [7, 11) is 0. The normalized spacial score (nSPS) is 11.5. The summed E-state index contributed by atoms with van der Waals surface area (Å²) in [4.78, 5) is 0. The number of nitrogens with two attached hydrogens (primary N) is 1. The van der Waals surface area contributed by atoms with E-state index >= 15 is 0 Å². The van der Waals surface area contributed by atoms with E-state index in [9.17, 15) is 0 Å². The van der Waals surface area contributed by atoms with Gasteiger partial charge in [-0.05, 0) is 31.5 Å². The van der Waals surface area contributed by atoms with Gasteiger partial charge in [-0.15, -0.1) is 11.8 Å². The third kappa shape index (κ3) is 3.77. The summed E-state index contributed by atoms with van der Waals surface area (Å²) >= 11 is 6.07. The Morgan fingerprint density at radius 1 is 1.50 bits per heavy atom. The number of hydrogen-bond acceptors (Lipinski definition) is 2. The fraction of sp³-hybridized carbons (Fsp3) is 0.385. The van der Waals surface area contributed by atoms with Crippen LogP contribution in [0.1, 0.15) is 31.9 Å². The third-order valence-corrected chi connectivity index (χ3v) is 2.44. The molecule has 1 unspecified atom stereocenters. The van der Waals surface area contributed by atoms with Crippen molar-refractivity contribution in [3.05, 3.63) is 28.8 Å². The Kier molecular flexibility index (Phi) is 5.18. The second kappa shape index (κ2) is 6.42. The Balaban J connectivity index is 2.63. The molecule has 16 heavy (non-hydrogen) atoms. The minimum Gasteiger partial charge on any atom is -0.491 e. The van der Waals surface area contributed by atoms with Crippen LogP contribution in [0.3, 0.4) is 0 Å². The summed E-state index contributed by atoms with van der Waals surface area (Å²) in [6.07, 6.45) is 0.710. The molecule has 2 nitrogen and oxygen atoms in total. The second-order valence-corrected chi connectivity index (χ2v) is 3.91. The number of ether oxygens (including phenoxy) is 1. The molecule has 0 spiro atoms. The van der Waals surface area contributed by atoms with Gasteiger partial charge in [-0.2, -0.15) is 0 Å². The van der Waals surface area contributed by atoms with Crippen LogP contribution in [0.5, 0.6) is 5.75 Å². The van der Waals surface area contributed by atoms with Crippen molar-refractivity contribution in [2.45, 2.75) is 26.3 Å². The Bertz CT molecular complexity index is 404. The molecule has 1 rings (SSSR count). The molecular weight excluding hydrogens is 222 g/mol. The van der Waals surface area contributed by atoms with Crippen LogP contribution in [0.4, 0.5) is 0 Å². The first-order valence-electron chi connectivity index (χ1n) is 5.22. The van der Waals surface area contributed by atoms with Crippen molar-refractivity contribution in [3.63, 3.8) is 0 Å². The zero-order chi connectivity index (χ0) is 12.0. The predicted octanol–water partition coefficient (Wildman–Crippen LogP) is 3.15. The number of rotatable bonds is 4. The van der Waals surface area contributed by atoms with Crippen molar-refractivity contribution in [1.82, 2.24) is 0 Å². The van der Waals surface area contributed by atoms with Crippen molar-refractivity contribution in [3.8, 4) is 17.6 Å². The molecule has 1 aromatic rings. The summed E-state index contributed by atoms with van der Waals surface area (Å²) < 4.78 is 5.50. The highest BCUT2D eigenvalue weighted by Gasteiger charge is 2.05. The molecular formula is C13H16ClNO. The maximum Gasteiger partial charge on any atom is 0.137 e. The van der Waals surface area contributed by atoms with Crippen LogP contribution in [0.2, 0.25) is 5.02 Å². The van der Waals surface area contributed by atoms with E-state index in [-0.39, 0.29) is 6.04 Å². The lowest BCUT2D eigenvalue weighted by Crippen LogP contribution is -2.05. The molecule has 0 saturated heterocycles. The van der Waals surface area contributed by atoms with Crippen molar-refractivity contribution in [2.75, 3.05) is 6.61 Å². The van der Waals surface area contributed by atoms with Crippen LogP contribution in [0.25, 0.3) is 0 Å². The van der Waals surface area contributed by atoms with Gasteiger partial charge in [0.05, 0.1) is 11.6 Å². The summed E-state index contributed by atoms with van der Waals surface area (Å²) in [5, 5.41) is 0.597. The minimum atomic E-state index is -0.0162. The first kappa shape index (κ1) is 12.9. The Morgan fingerprint density at radius 2 is 2.25 bits per heavy atom. The molecule has 0 aliphatic carbocycles. The van der Waals surface area contributed by atoms with Gasteiger partial charge in [0.2, 0.25) is 0 Å². The molecule has 0 aromatic heterocycles. The van der Waals surface area contributed by atoms with Gasteiger partial charge in [0.1, 0.15) is 5.75 Å². The van der Waals surface area contributed by atoms with E-state index in [1.165, 1.54) is 0 Å². The highest BCUT2D eigenvalue weighted by molar-refractivity contribution is 6.32. The van der Waals surface area contributed by atoms with E-state index in [4.69, 9.17) is 22.1 Å². The Morgan fingerprint density at radius 3 is 2.81 bits per heavy atom. The standard InChI is InChI=1S/C13H16ClNO/c1-3-4-5-8-16-13-7-6-11(10(2)15)9-12(13)14/h6-7,9-10H,5,8,15H2,1-2H3. The van der Waals surface area contributed by atoms with E-state index in [1.54, 1.807) is 0 Å². The SMILES string of the molecule is CC#CCCOc1ccc(C(C)N)cc1Cl. The first-order valence-corrected chi connectivity index (χ1v) is 5.60.